The molecule has 30 heavy (non-hydrogen) atoms. The first-order valence-corrected chi connectivity index (χ1v) is 9.83. The van der Waals surface area contributed by atoms with Crippen LogP contribution in [0.2, 0.25) is 0 Å². The lowest BCUT2D eigenvalue weighted by atomic mass is 9.94. The second-order valence-corrected chi connectivity index (χ2v) is 7.32. The van der Waals surface area contributed by atoms with E-state index in [1.807, 2.05) is 13.1 Å². The summed E-state index contributed by atoms with van der Waals surface area (Å²) in [6, 6.07) is 6.13. The molecule has 0 amide bonds. The summed E-state index contributed by atoms with van der Waals surface area (Å²) in [7, 11) is 5.68. The normalized spacial score (nSPS) is 13.6. The first kappa shape index (κ1) is 19.9. The molecule has 0 bridgehead atoms. The molecule has 0 unspecified atom stereocenters. The summed E-state index contributed by atoms with van der Waals surface area (Å²) >= 11 is 0. The number of rotatable bonds is 6. The van der Waals surface area contributed by atoms with Crippen molar-refractivity contribution in [2.75, 3.05) is 38.8 Å². The number of methoxy groups -OCH3 is 1. The summed E-state index contributed by atoms with van der Waals surface area (Å²) < 4.78 is 11.2. The fourth-order valence-electron chi connectivity index (χ4n) is 3.70. The largest absolute Gasteiger partial charge is 0.495 e. The van der Waals surface area contributed by atoms with Crippen molar-refractivity contribution < 1.29 is 9.47 Å². The Hall–Kier alpha value is -3.39. The topological polar surface area (TPSA) is 98.4 Å². The molecule has 0 saturated carbocycles. The summed E-state index contributed by atoms with van der Waals surface area (Å²) in [6.45, 7) is 2.22. The Labute approximate surface area is 176 Å². The molecule has 3 heterocycles. The lowest BCUT2D eigenvalue weighted by molar-refractivity contribution is 0.286. The fourth-order valence-corrected chi connectivity index (χ4v) is 3.70. The van der Waals surface area contributed by atoms with Crippen molar-refractivity contribution in [3.05, 3.63) is 53.5 Å². The number of nitrogens with two attached hydrogens (primary N) is 1. The van der Waals surface area contributed by atoms with E-state index in [4.69, 9.17) is 15.2 Å². The van der Waals surface area contributed by atoms with Gasteiger partial charge in [-0.15, -0.1) is 0 Å². The van der Waals surface area contributed by atoms with Gasteiger partial charge in [-0.2, -0.15) is 0 Å². The number of nitrogens with zero attached hydrogens (tertiary/aromatic N) is 4. The molecule has 1 aromatic carbocycles. The van der Waals surface area contributed by atoms with Gasteiger partial charge in [0.25, 0.3) is 5.88 Å². The van der Waals surface area contributed by atoms with Crippen molar-refractivity contribution in [1.82, 2.24) is 19.9 Å². The van der Waals surface area contributed by atoms with Crippen LogP contribution in [0.4, 0.5) is 11.5 Å². The molecule has 1 aliphatic rings. The van der Waals surface area contributed by atoms with Crippen molar-refractivity contribution in [2.24, 2.45) is 0 Å². The Morgan fingerprint density at radius 1 is 1.27 bits per heavy atom. The zero-order valence-corrected chi connectivity index (χ0v) is 17.5. The summed E-state index contributed by atoms with van der Waals surface area (Å²) in [5.41, 5.74) is 12.4. The Morgan fingerprint density at radius 2 is 2.13 bits per heavy atom. The maximum Gasteiger partial charge on any atom is 0.258 e. The van der Waals surface area contributed by atoms with Gasteiger partial charge in [0.1, 0.15) is 12.4 Å². The molecule has 0 atom stereocenters. The van der Waals surface area contributed by atoms with E-state index in [-0.39, 0.29) is 12.4 Å². The van der Waals surface area contributed by atoms with Crippen LogP contribution in [0, 0.1) is 0 Å². The van der Waals surface area contributed by atoms with Gasteiger partial charge in [-0.1, -0.05) is 0 Å². The molecule has 156 valence electrons. The van der Waals surface area contributed by atoms with Crippen LogP contribution in [0.5, 0.6) is 11.6 Å². The van der Waals surface area contributed by atoms with E-state index in [9.17, 15) is 0 Å². The SMILES string of the molecule is CNc1cc(-c2cnc(N)c(OCc3ccncc3OC)n2)cc2c1CCN(C)C2. The van der Waals surface area contributed by atoms with Crippen LogP contribution >= 0.6 is 0 Å². The monoisotopic (exact) mass is 406 g/mol. The highest BCUT2D eigenvalue weighted by Crippen LogP contribution is 2.32. The van der Waals surface area contributed by atoms with Crippen LogP contribution < -0.4 is 20.5 Å². The molecule has 3 N–H and O–H groups in total. The number of nitrogen functional groups attached to an aromatic ring is 1. The van der Waals surface area contributed by atoms with Crippen LogP contribution in [-0.4, -0.2) is 47.6 Å². The molecular formula is C22H26N6O2. The minimum absolute atomic E-state index is 0.248. The van der Waals surface area contributed by atoms with E-state index >= 15 is 0 Å². The minimum atomic E-state index is 0.248. The average Bonchev–Trinajstić information content (AvgIpc) is 2.77. The molecule has 3 aromatic rings. The second kappa shape index (κ2) is 8.54. The van der Waals surface area contributed by atoms with Crippen LogP contribution in [0.3, 0.4) is 0 Å². The van der Waals surface area contributed by atoms with Crippen LogP contribution in [0.1, 0.15) is 16.7 Å². The van der Waals surface area contributed by atoms with E-state index in [0.29, 0.717) is 17.3 Å². The number of anilines is 2. The number of ether oxygens (including phenoxy) is 2. The van der Waals surface area contributed by atoms with Crippen molar-refractivity contribution in [2.45, 2.75) is 19.6 Å². The van der Waals surface area contributed by atoms with E-state index in [1.54, 1.807) is 25.7 Å². The van der Waals surface area contributed by atoms with Gasteiger partial charge in [-0.25, -0.2) is 9.97 Å². The van der Waals surface area contributed by atoms with Gasteiger partial charge in [-0.3, -0.25) is 4.98 Å². The average molecular weight is 406 g/mol. The van der Waals surface area contributed by atoms with Gasteiger partial charge < -0.3 is 25.4 Å². The first-order valence-electron chi connectivity index (χ1n) is 9.83. The number of hydrogen-bond donors (Lipinski definition) is 2. The molecular weight excluding hydrogens is 380 g/mol. The molecule has 4 rings (SSSR count). The van der Waals surface area contributed by atoms with Crippen LogP contribution in [0.15, 0.2) is 36.8 Å². The number of likely N-dealkylation sites (N-methyl/N-ethyl adjacent to an activating group) is 1. The number of benzene rings is 1. The maximum absolute atomic E-state index is 6.03. The molecule has 8 nitrogen and oxygen atoms in total. The predicted molar refractivity (Wildman–Crippen MR) is 117 cm³/mol. The quantitative estimate of drug-likeness (QED) is 0.645. The highest BCUT2D eigenvalue weighted by Gasteiger charge is 2.19. The summed E-state index contributed by atoms with van der Waals surface area (Å²) in [5, 5.41) is 3.32. The van der Waals surface area contributed by atoms with Crippen LogP contribution in [0.25, 0.3) is 11.3 Å². The molecule has 0 saturated heterocycles. The zero-order valence-electron chi connectivity index (χ0n) is 17.5. The number of nitrogens with one attached hydrogen (secondary N) is 1. The third-order valence-corrected chi connectivity index (χ3v) is 5.31. The van der Waals surface area contributed by atoms with E-state index in [0.717, 1.165) is 36.3 Å². The second-order valence-electron chi connectivity index (χ2n) is 7.32. The molecule has 1 aliphatic heterocycles. The fraction of sp³-hybridized carbons (Fsp3) is 0.318. The molecule has 2 aromatic heterocycles. The summed E-state index contributed by atoms with van der Waals surface area (Å²) in [5.74, 6) is 1.20. The van der Waals surface area contributed by atoms with Crippen molar-refractivity contribution in [3.8, 4) is 22.9 Å². The Bertz CT molecular complexity index is 1060. The van der Waals surface area contributed by atoms with Gasteiger partial charge >= 0.3 is 0 Å². The highest BCUT2D eigenvalue weighted by molar-refractivity contribution is 5.70. The highest BCUT2D eigenvalue weighted by atomic mass is 16.5. The Balaban J connectivity index is 1.64. The number of fused-ring (bicyclic) bond motifs is 1. The first-order chi connectivity index (χ1) is 14.6. The standard InChI is InChI=1S/C22H26N6O2/c1-24-18-9-15(8-16-12-28(2)7-5-17(16)18)19-10-26-21(23)22(27-19)30-13-14-4-6-25-11-20(14)29-3/h4,6,8-11,24H,5,7,12-13H2,1-3H3,(H2,23,26). The Kier molecular flexibility index (Phi) is 5.67. The molecule has 0 aliphatic carbocycles. The predicted octanol–water partition coefficient (Wildman–Crippen LogP) is 2.74. The van der Waals surface area contributed by atoms with Gasteiger partial charge in [0.15, 0.2) is 5.82 Å². The van der Waals surface area contributed by atoms with E-state index in [1.165, 1.54) is 11.1 Å². The molecule has 0 radical (unpaired) electrons. The van der Waals surface area contributed by atoms with Crippen molar-refractivity contribution >= 4 is 11.5 Å². The van der Waals surface area contributed by atoms with Crippen molar-refractivity contribution in [3.63, 3.8) is 0 Å². The minimum Gasteiger partial charge on any atom is -0.495 e. The molecule has 8 heteroatoms. The smallest absolute Gasteiger partial charge is 0.258 e. The van der Waals surface area contributed by atoms with Gasteiger partial charge in [-0.05, 0) is 42.8 Å². The number of pyridine rings is 1. The lowest BCUT2D eigenvalue weighted by Crippen LogP contribution is -2.27. The van der Waals surface area contributed by atoms with Gasteiger partial charge in [0, 0.05) is 43.1 Å². The number of aromatic nitrogens is 3. The third-order valence-electron chi connectivity index (χ3n) is 5.31. The van der Waals surface area contributed by atoms with Gasteiger partial charge in [0.05, 0.1) is 25.2 Å². The van der Waals surface area contributed by atoms with E-state index < -0.39 is 0 Å². The Morgan fingerprint density at radius 3 is 2.93 bits per heavy atom. The third kappa shape index (κ3) is 3.99. The molecule has 0 fully saturated rings. The lowest BCUT2D eigenvalue weighted by Gasteiger charge is -2.27. The number of hydrogen-bond acceptors (Lipinski definition) is 8. The maximum atomic E-state index is 6.03. The summed E-state index contributed by atoms with van der Waals surface area (Å²) in [6.07, 6.45) is 6.05. The summed E-state index contributed by atoms with van der Waals surface area (Å²) in [4.78, 5) is 15.3. The van der Waals surface area contributed by atoms with Crippen molar-refractivity contribution in [1.29, 1.82) is 0 Å². The van der Waals surface area contributed by atoms with Gasteiger partial charge in [0.2, 0.25) is 0 Å². The zero-order chi connectivity index (χ0) is 21.1. The van der Waals surface area contributed by atoms with E-state index in [2.05, 4.69) is 44.3 Å². The molecule has 0 spiro atoms. The van der Waals surface area contributed by atoms with Crippen LogP contribution in [-0.2, 0) is 19.6 Å².